The van der Waals surface area contributed by atoms with E-state index >= 15 is 0 Å². The molecule has 116 valence electrons. The molecule has 1 N–H and O–H groups in total. The van der Waals surface area contributed by atoms with Gasteiger partial charge in [0.2, 0.25) is 10.0 Å². The van der Waals surface area contributed by atoms with Gasteiger partial charge in [0.15, 0.2) is 0 Å². The standard InChI is InChI=1S/C13H19N3O4S/c1-9-14-10(5-6-13(17)18)8-11(15-9)12-4-3-7-16(12)21(2,19)20/h8,12H,3-7H2,1-2H3,(H,17,18)/t12-/m0/s1. The number of aliphatic carboxylic acids is 1. The number of hydrogen-bond acceptors (Lipinski definition) is 5. The van der Waals surface area contributed by atoms with Crippen molar-refractivity contribution in [3.8, 4) is 0 Å². The SMILES string of the molecule is Cc1nc(CCC(=O)O)cc([C@@H]2CCCN2S(C)(=O)=O)n1. The Morgan fingerprint density at radius 1 is 1.48 bits per heavy atom. The molecule has 1 aliphatic rings. The summed E-state index contributed by atoms with van der Waals surface area (Å²) in [5, 5.41) is 8.74. The second kappa shape index (κ2) is 6.07. The van der Waals surface area contributed by atoms with Crippen LogP contribution in [0.25, 0.3) is 0 Å². The van der Waals surface area contributed by atoms with Crippen LogP contribution in [0.15, 0.2) is 6.07 Å². The third-order valence-corrected chi connectivity index (χ3v) is 4.77. The Morgan fingerprint density at radius 3 is 2.81 bits per heavy atom. The number of hydrogen-bond donors (Lipinski definition) is 1. The molecule has 1 fully saturated rings. The Bertz CT molecular complexity index is 645. The molecule has 21 heavy (non-hydrogen) atoms. The summed E-state index contributed by atoms with van der Waals surface area (Å²) in [6.07, 6.45) is 3.03. The molecule has 2 heterocycles. The van der Waals surface area contributed by atoms with Crippen LogP contribution in [0.5, 0.6) is 0 Å². The molecule has 0 radical (unpaired) electrons. The van der Waals surface area contributed by atoms with Crippen LogP contribution < -0.4 is 0 Å². The van der Waals surface area contributed by atoms with Crippen LogP contribution >= 0.6 is 0 Å². The molecule has 1 atom stereocenters. The number of aromatic nitrogens is 2. The van der Waals surface area contributed by atoms with Crippen molar-refractivity contribution in [2.45, 2.75) is 38.6 Å². The van der Waals surface area contributed by atoms with Crippen LogP contribution in [-0.4, -0.2) is 46.6 Å². The summed E-state index contributed by atoms with van der Waals surface area (Å²) in [4.78, 5) is 19.2. The zero-order valence-corrected chi connectivity index (χ0v) is 12.9. The van der Waals surface area contributed by atoms with Gasteiger partial charge in [0.1, 0.15) is 5.82 Å². The Labute approximate surface area is 124 Å². The summed E-state index contributed by atoms with van der Waals surface area (Å²) < 4.78 is 25.1. The smallest absolute Gasteiger partial charge is 0.303 e. The van der Waals surface area contributed by atoms with Gasteiger partial charge < -0.3 is 5.11 Å². The lowest BCUT2D eigenvalue weighted by Gasteiger charge is -2.22. The average Bonchev–Trinajstić information content (AvgIpc) is 2.84. The summed E-state index contributed by atoms with van der Waals surface area (Å²) in [7, 11) is -3.27. The lowest BCUT2D eigenvalue weighted by Crippen LogP contribution is -2.30. The number of carboxylic acids is 1. The first-order chi connectivity index (χ1) is 9.77. The highest BCUT2D eigenvalue weighted by atomic mass is 32.2. The van der Waals surface area contributed by atoms with Gasteiger partial charge in [0.05, 0.1) is 24.4 Å². The summed E-state index contributed by atoms with van der Waals surface area (Å²) in [6, 6.07) is 1.45. The van der Waals surface area contributed by atoms with Crippen molar-refractivity contribution >= 4 is 16.0 Å². The first kappa shape index (κ1) is 15.8. The van der Waals surface area contributed by atoms with Crippen LogP contribution in [0.4, 0.5) is 0 Å². The molecule has 0 saturated carbocycles. The molecule has 7 nitrogen and oxygen atoms in total. The largest absolute Gasteiger partial charge is 0.481 e. The van der Waals surface area contributed by atoms with E-state index in [1.165, 1.54) is 10.6 Å². The maximum Gasteiger partial charge on any atom is 0.303 e. The van der Waals surface area contributed by atoms with Crippen molar-refractivity contribution in [2.75, 3.05) is 12.8 Å². The quantitative estimate of drug-likeness (QED) is 0.866. The first-order valence-corrected chi connectivity index (χ1v) is 8.65. The van der Waals surface area contributed by atoms with Gasteiger partial charge in [-0.2, -0.15) is 4.31 Å². The Hall–Kier alpha value is -1.54. The fourth-order valence-corrected chi connectivity index (χ4v) is 3.76. The van der Waals surface area contributed by atoms with E-state index in [0.29, 0.717) is 30.2 Å². The van der Waals surface area contributed by atoms with Crippen molar-refractivity contribution in [3.63, 3.8) is 0 Å². The van der Waals surface area contributed by atoms with E-state index in [4.69, 9.17) is 5.11 Å². The van der Waals surface area contributed by atoms with Crippen LogP contribution in [0.1, 0.15) is 42.5 Å². The molecule has 0 aromatic carbocycles. The molecule has 2 rings (SSSR count). The van der Waals surface area contributed by atoms with Crippen molar-refractivity contribution < 1.29 is 18.3 Å². The molecule has 1 aromatic heterocycles. The average molecular weight is 313 g/mol. The predicted octanol–water partition coefficient (Wildman–Crippen LogP) is 0.899. The molecule has 1 saturated heterocycles. The summed E-state index contributed by atoms with van der Waals surface area (Å²) >= 11 is 0. The van der Waals surface area contributed by atoms with E-state index in [2.05, 4.69) is 9.97 Å². The topological polar surface area (TPSA) is 100 Å². The number of nitrogens with zero attached hydrogens (tertiary/aromatic N) is 3. The monoisotopic (exact) mass is 313 g/mol. The highest BCUT2D eigenvalue weighted by molar-refractivity contribution is 7.88. The van der Waals surface area contributed by atoms with E-state index in [0.717, 1.165) is 12.8 Å². The number of rotatable bonds is 5. The van der Waals surface area contributed by atoms with Crippen LogP contribution in [0.3, 0.4) is 0 Å². The van der Waals surface area contributed by atoms with E-state index in [1.54, 1.807) is 13.0 Å². The second-order valence-electron chi connectivity index (χ2n) is 5.26. The Kier molecular flexibility index (Phi) is 4.58. The van der Waals surface area contributed by atoms with Gasteiger partial charge in [0, 0.05) is 18.7 Å². The summed E-state index contributed by atoms with van der Waals surface area (Å²) in [5.41, 5.74) is 1.30. The second-order valence-corrected chi connectivity index (χ2v) is 7.19. The molecule has 0 aliphatic carbocycles. The van der Waals surface area contributed by atoms with Gasteiger partial charge in [-0.15, -0.1) is 0 Å². The molecule has 0 unspecified atom stereocenters. The van der Waals surface area contributed by atoms with E-state index in [1.807, 2.05) is 0 Å². The minimum absolute atomic E-state index is 0.00362. The molecule has 1 aliphatic heterocycles. The Balaban J connectivity index is 2.28. The van der Waals surface area contributed by atoms with Crippen LogP contribution in [-0.2, 0) is 21.2 Å². The van der Waals surface area contributed by atoms with Crippen molar-refractivity contribution in [2.24, 2.45) is 0 Å². The zero-order chi connectivity index (χ0) is 15.6. The predicted molar refractivity (Wildman–Crippen MR) is 76.3 cm³/mol. The van der Waals surface area contributed by atoms with Gasteiger partial charge in [-0.05, 0) is 25.8 Å². The van der Waals surface area contributed by atoms with Crippen LogP contribution in [0.2, 0.25) is 0 Å². The molecular weight excluding hydrogens is 294 g/mol. The molecule has 0 bridgehead atoms. The van der Waals surface area contributed by atoms with Crippen molar-refractivity contribution in [3.05, 3.63) is 23.3 Å². The lowest BCUT2D eigenvalue weighted by molar-refractivity contribution is -0.136. The minimum atomic E-state index is -3.27. The molecule has 0 spiro atoms. The first-order valence-electron chi connectivity index (χ1n) is 6.80. The highest BCUT2D eigenvalue weighted by Crippen LogP contribution is 2.33. The third-order valence-electron chi connectivity index (χ3n) is 3.48. The number of carboxylic acid groups (broad SMARTS) is 1. The van der Waals surface area contributed by atoms with Crippen molar-refractivity contribution in [1.29, 1.82) is 0 Å². The van der Waals surface area contributed by atoms with Crippen molar-refractivity contribution in [1.82, 2.24) is 14.3 Å². The Morgan fingerprint density at radius 2 is 2.19 bits per heavy atom. The van der Waals surface area contributed by atoms with Gasteiger partial charge >= 0.3 is 5.97 Å². The highest BCUT2D eigenvalue weighted by Gasteiger charge is 2.33. The molecule has 8 heteroatoms. The third kappa shape index (κ3) is 3.98. The number of aryl methyl sites for hydroxylation is 2. The number of carbonyl (C=O) groups is 1. The van der Waals surface area contributed by atoms with Gasteiger partial charge in [-0.25, -0.2) is 18.4 Å². The fraction of sp³-hybridized carbons (Fsp3) is 0.615. The van der Waals surface area contributed by atoms with E-state index < -0.39 is 16.0 Å². The minimum Gasteiger partial charge on any atom is -0.481 e. The fourth-order valence-electron chi connectivity index (χ4n) is 2.62. The van der Waals surface area contributed by atoms with Gasteiger partial charge in [0.25, 0.3) is 0 Å². The molecule has 0 amide bonds. The lowest BCUT2D eigenvalue weighted by atomic mass is 10.1. The van der Waals surface area contributed by atoms with Crippen LogP contribution in [0, 0.1) is 6.92 Å². The molecular formula is C13H19N3O4S. The van der Waals surface area contributed by atoms with E-state index in [-0.39, 0.29) is 12.5 Å². The van der Waals surface area contributed by atoms with E-state index in [9.17, 15) is 13.2 Å². The maximum absolute atomic E-state index is 11.8. The zero-order valence-electron chi connectivity index (χ0n) is 12.1. The van der Waals surface area contributed by atoms with Gasteiger partial charge in [-0.1, -0.05) is 0 Å². The number of sulfonamides is 1. The molecule has 1 aromatic rings. The normalized spacial score (nSPS) is 19.8. The maximum atomic E-state index is 11.8. The summed E-state index contributed by atoms with van der Waals surface area (Å²) in [5.74, 6) is -0.348. The van der Waals surface area contributed by atoms with Gasteiger partial charge in [-0.3, -0.25) is 4.79 Å². The summed E-state index contributed by atoms with van der Waals surface area (Å²) in [6.45, 7) is 2.23.